The molecular weight excluding hydrogens is 224 g/mol. The van der Waals surface area contributed by atoms with Crippen molar-refractivity contribution in [3.63, 3.8) is 0 Å². The third kappa shape index (κ3) is 3.47. The molecule has 104 valence electrons. The van der Waals surface area contributed by atoms with Crippen LogP contribution in [0.2, 0.25) is 0 Å². The summed E-state index contributed by atoms with van der Waals surface area (Å²) in [5.41, 5.74) is 0.403. The highest BCUT2D eigenvalue weighted by Gasteiger charge is 2.32. The second kappa shape index (κ2) is 6.55. The fourth-order valence-electron chi connectivity index (χ4n) is 3.43. The van der Waals surface area contributed by atoms with Crippen molar-refractivity contribution in [1.29, 1.82) is 0 Å². The average Bonchev–Trinajstić information content (AvgIpc) is 2.70. The normalized spacial score (nSPS) is 27.7. The van der Waals surface area contributed by atoms with Crippen LogP contribution in [0.15, 0.2) is 0 Å². The second-order valence-electron chi connectivity index (χ2n) is 6.13. The molecule has 0 aromatic carbocycles. The molecule has 2 aliphatic rings. The first-order valence-corrected chi connectivity index (χ1v) is 7.77. The van der Waals surface area contributed by atoms with Gasteiger partial charge < -0.3 is 10.6 Å². The first-order chi connectivity index (χ1) is 8.76. The molecule has 2 fully saturated rings. The van der Waals surface area contributed by atoms with Crippen molar-refractivity contribution >= 4 is 5.91 Å². The average molecular weight is 252 g/mol. The van der Waals surface area contributed by atoms with Gasteiger partial charge >= 0.3 is 0 Å². The lowest BCUT2D eigenvalue weighted by Gasteiger charge is -2.28. The summed E-state index contributed by atoms with van der Waals surface area (Å²) in [5.74, 6) is 0.233. The van der Waals surface area contributed by atoms with Gasteiger partial charge in [0.15, 0.2) is 0 Å². The standard InChI is InChI=1S/C15H28N2O/c1-2-15(9-5-6-10-15)12-17-14(18)13-8-4-3-7-11-16-13/h13,16H,2-12H2,1H3,(H,17,18). The van der Waals surface area contributed by atoms with Gasteiger partial charge in [-0.2, -0.15) is 0 Å². The molecule has 1 heterocycles. The molecule has 1 unspecified atom stereocenters. The number of nitrogens with one attached hydrogen (secondary N) is 2. The van der Waals surface area contributed by atoms with Crippen molar-refractivity contribution in [2.24, 2.45) is 5.41 Å². The molecule has 0 aromatic rings. The van der Waals surface area contributed by atoms with Crippen molar-refractivity contribution < 1.29 is 4.79 Å². The Labute approximate surface area is 111 Å². The van der Waals surface area contributed by atoms with Gasteiger partial charge in [-0.05, 0) is 44.1 Å². The largest absolute Gasteiger partial charge is 0.354 e. The zero-order valence-corrected chi connectivity index (χ0v) is 11.8. The van der Waals surface area contributed by atoms with Crippen LogP contribution in [0, 0.1) is 5.41 Å². The molecular formula is C15H28N2O. The number of carbonyl (C=O) groups is 1. The van der Waals surface area contributed by atoms with Gasteiger partial charge in [0.05, 0.1) is 6.04 Å². The van der Waals surface area contributed by atoms with Gasteiger partial charge in [-0.1, -0.05) is 32.6 Å². The van der Waals surface area contributed by atoms with E-state index < -0.39 is 0 Å². The van der Waals surface area contributed by atoms with Crippen molar-refractivity contribution in [3.05, 3.63) is 0 Å². The van der Waals surface area contributed by atoms with E-state index in [1.54, 1.807) is 0 Å². The minimum absolute atomic E-state index is 0.0582. The van der Waals surface area contributed by atoms with Gasteiger partial charge in [0.1, 0.15) is 0 Å². The Morgan fingerprint density at radius 1 is 1.22 bits per heavy atom. The zero-order chi connectivity index (χ0) is 12.8. The maximum atomic E-state index is 12.2. The van der Waals surface area contributed by atoms with Crippen LogP contribution in [-0.4, -0.2) is 25.0 Å². The Balaban J connectivity index is 1.79. The molecule has 0 radical (unpaired) electrons. The first kappa shape index (κ1) is 13.9. The number of carbonyl (C=O) groups excluding carboxylic acids is 1. The Morgan fingerprint density at radius 2 is 2.00 bits per heavy atom. The van der Waals surface area contributed by atoms with E-state index >= 15 is 0 Å². The van der Waals surface area contributed by atoms with Crippen LogP contribution in [0.25, 0.3) is 0 Å². The third-order valence-electron chi connectivity index (χ3n) is 4.93. The van der Waals surface area contributed by atoms with E-state index in [4.69, 9.17) is 0 Å². The molecule has 1 aliphatic carbocycles. The lowest BCUT2D eigenvalue weighted by atomic mass is 9.83. The summed E-state index contributed by atoms with van der Waals surface area (Å²) in [6.45, 7) is 4.15. The van der Waals surface area contributed by atoms with Gasteiger partial charge in [-0.25, -0.2) is 0 Å². The lowest BCUT2D eigenvalue weighted by Crippen LogP contribution is -2.46. The van der Waals surface area contributed by atoms with Gasteiger partial charge in [-0.15, -0.1) is 0 Å². The SMILES string of the molecule is CCC1(CNC(=O)C2CCCCCN2)CCCC1. The number of hydrogen-bond donors (Lipinski definition) is 2. The quantitative estimate of drug-likeness (QED) is 0.807. The topological polar surface area (TPSA) is 41.1 Å². The lowest BCUT2D eigenvalue weighted by molar-refractivity contribution is -0.123. The summed E-state index contributed by atoms with van der Waals surface area (Å²) in [6.07, 6.45) is 11.1. The van der Waals surface area contributed by atoms with Gasteiger partial charge in [-0.3, -0.25) is 4.79 Å². The third-order valence-corrected chi connectivity index (χ3v) is 4.93. The van der Waals surface area contributed by atoms with Crippen LogP contribution >= 0.6 is 0 Å². The Bertz CT molecular complexity index is 264. The maximum Gasteiger partial charge on any atom is 0.237 e. The monoisotopic (exact) mass is 252 g/mol. The van der Waals surface area contributed by atoms with E-state index in [1.807, 2.05) is 0 Å². The molecule has 18 heavy (non-hydrogen) atoms. The minimum atomic E-state index is 0.0582. The molecule has 3 nitrogen and oxygen atoms in total. The molecule has 0 bridgehead atoms. The Morgan fingerprint density at radius 3 is 2.72 bits per heavy atom. The highest BCUT2D eigenvalue weighted by molar-refractivity contribution is 5.81. The van der Waals surface area contributed by atoms with E-state index in [9.17, 15) is 4.79 Å². The molecule has 0 spiro atoms. The van der Waals surface area contributed by atoms with E-state index in [-0.39, 0.29) is 11.9 Å². The summed E-state index contributed by atoms with van der Waals surface area (Å²) in [6, 6.07) is 0.0582. The predicted molar refractivity (Wildman–Crippen MR) is 74.5 cm³/mol. The Hall–Kier alpha value is -0.570. The predicted octanol–water partition coefficient (Wildman–Crippen LogP) is 2.61. The zero-order valence-electron chi connectivity index (χ0n) is 11.8. The molecule has 2 N–H and O–H groups in total. The molecule has 1 amide bonds. The number of rotatable bonds is 4. The van der Waals surface area contributed by atoms with Crippen molar-refractivity contribution in [2.75, 3.05) is 13.1 Å². The van der Waals surface area contributed by atoms with Crippen LogP contribution in [0.4, 0.5) is 0 Å². The summed E-state index contributed by atoms with van der Waals surface area (Å²) < 4.78 is 0. The highest BCUT2D eigenvalue weighted by atomic mass is 16.2. The fraction of sp³-hybridized carbons (Fsp3) is 0.933. The molecule has 1 aliphatic heterocycles. The summed E-state index contributed by atoms with van der Waals surface area (Å²) >= 11 is 0. The van der Waals surface area contributed by atoms with Crippen LogP contribution in [-0.2, 0) is 4.79 Å². The molecule has 3 heteroatoms. The van der Waals surface area contributed by atoms with Crippen molar-refractivity contribution in [2.45, 2.75) is 70.8 Å². The highest BCUT2D eigenvalue weighted by Crippen LogP contribution is 2.40. The van der Waals surface area contributed by atoms with Crippen LogP contribution < -0.4 is 10.6 Å². The molecule has 2 rings (SSSR count). The van der Waals surface area contributed by atoms with Crippen molar-refractivity contribution in [1.82, 2.24) is 10.6 Å². The first-order valence-electron chi connectivity index (χ1n) is 7.77. The number of hydrogen-bond acceptors (Lipinski definition) is 2. The van der Waals surface area contributed by atoms with E-state index in [2.05, 4.69) is 17.6 Å². The van der Waals surface area contributed by atoms with E-state index in [0.717, 1.165) is 19.5 Å². The molecule has 1 saturated carbocycles. The second-order valence-corrected chi connectivity index (χ2v) is 6.13. The number of amides is 1. The van der Waals surface area contributed by atoms with E-state index in [0.29, 0.717) is 5.41 Å². The molecule has 0 aromatic heterocycles. The molecule has 1 atom stereocenters. The molecule has 1 saturated heterocycles. The maximum absolute atomic E-state index is 12.2. The fourth-order valence-corrected chi connectivity index (χ4v) is 3.43. The van der Waals surface area contributed by atoms with Gasteiger partial charge in [0.25, 0.3) is 0 Å². The van der Waals surface area contributed by atoms with Crippen LogP contribution in [0.3, 0.4) is 0 Å². The van der Waals surface area contributed by atoms with Gasteiger partial charge in [0, 0.05) is 6.54 Å². The summed E-state index contributed by atoms with van der Waals surface area (Å²) in [4.78, 5) is 12.2. The van der Waals surface area contributed by atoms with Crippen molar-refractivity contribution in [3.8, 4) is 0 Å². The minimum Gasteiger partial charge on any atom is -0.354 e. The summed E-state index contributed by atoms with van der Waals surface area (Å²) in [7, 11) is 0. The summed E-state index contributed by atoms with van der Waals surface area (Å²) in [5, 5.41) is 6.59. The van der Waals surface area contributed by atoms with E-state index in [1.165, 1.54) is 51.4 Å². The van der Waals surface area contributed by atoms with Crippen LogP contribution in [0.5, 0.6) is 0 Å². The Kier molecular flexibility index (Phi) is 5.04. The smallest absolute Gasteiger partial charge is 0.237 e. The van der Waals surface area contributed by atoms with Crippen LogP contribution in [0.1, 0.15) is 64.7 Å². The van der Waals surface area contributed by atoms with Gasteiger partial charge in [0.2, 0.25) is 5.91 Å².